The summed E-state index contributed by atoms with van der Waals surface area (Å²) in [6.07, 6.45) is 0. The van der Waals surface area contributed by atoms with Crippen LogP contribution in [-0.4, -0.2) is 17.3 Å². The summed E-state index contributed by atoms with van der Waals surface area (Å²) < 4.78 is 4.95. The van der Waals surface area contributed by atoms with E-state index >= 15 is 0 Å². The maximum absolute atomic E-state index is 5.84. The molecule has 0 saturated heterocycles. The normalized spacial score (nSPS) is 10.1. The molecule has 0 fully saturated rings. The lowest BCUT2D eigenvalue weighted by molar-refractivity contribution is 0.392. The van der Waals surface area contributed by atoms with E-state index in [0.29, 0.717) is 5.88 Å². The number of nitrogens with zero attached hydrogens (tertiary/aromatic N) is 2. The van der Waals surface area contributed by atoms with Crippen molar-refractivity contribution in [2.75, 3.05) is 12.8 Å². The van der Waals surface area contributed by atoms with Gasteiger partial charge in [0.25, 0.3) is 0 Å². The van der Waals surface area contributed by atoms with Crippen LogP contribution in [0.1, 0.15) is 5.56 Å². The average Bonchev–Trinajstić information content (AvgIpc) is 2.33. The van der Waals surface area contributed by atoms with E-state index in [1.54, 1.807) is 13.2 Å². The van der Waals surface area contributed by atoms with Crippen LogP contribution in [0.5, 0.6) is 5.88 Å². The third-order valence-electron chi connectivity index (χ3n) is 2.42. The van der Waals surface area contributed by atoms with E-state index in [-0.39, 0.29) is 0 Å². The lowest BCUT2D eigenvalue weighted by atomic mass is 10.1. The first-order chi connectivity index (χ1) is 7.70. The van der Waals surface area contributed by atoms with E-state index in [4.69, 9.17) is 10.5 Å². The number of methoxy groups -OCH3 is 1. The third kappa shape index (κ3) is 1.95. The smallest absolute Gasteiger partial charge is 0.233 e. The fraction of sp³-hybridized carbons (Fsp3) is 0.167. The Balaban J connectivity index is 2.38. The molecule has 16 heavy (non-hydrogen) atoms. The summed E-state index contributed by atoms with van der Waals surface area (Å²) >= 11 is 0. The van der Waals surface area contributed by atoms with Gasteiger partial charge in [-0.25, -0.2) is 0 Å². The first-order valence-corrected chi connectivity index (χ1v) is 4.95. The minimum absolute atomic E-state index is 0.504. The molecule has 0 amide bonds. The summed E-state index contributed by atoms with van der Waals surface area (Å²) in [6.45, 7) is 1.97. The fourth-order valence-electron chi connectivity index (χ4n) is 1.38. The van der Waals surface area contributed by atoms with Gasteiger partial charge in [0.1, 0.15) is 0 Å². The molecule has 4 nitrogen and oxygen atoms in total. The number of hydrogen-bond donors (Lipinski definition) is 1. The van der Waals surface area contributed by atoms with E-state index in [1.807, 2.05) is 31.2 Å². The molecule has 0 aliphatic rings. The predicted octanol–water partition coefficient (Wildman–Crippen LogP) is 2.04. The highest BCUT2D eigenvalue weighted by Crippen LogP contribution is 2.22. The van der Waals surface area contributed by atoms with Crippen LogP contribution in [0.15, 0.2) is 30.3 Å². The lowest BCUT2D eigenvalue weighted by Gasteiger charge is -2.04. The van der Waals surface area contributed by atoms with E-state index < -0.39 is 0 Å². The molecular formula is C12H13N3O. The minimum atomic E-state index is 0.504. The van der Waals surface area contributed by atoms with Crippen molar-refractivity contribution in [1.29, 1.82) is 0 Å². The van der Waals surface area contributed by atoms with Crippen molar-refractivity contribution in [1.82, 2.24) is 10.2 Å². The first kappa shape index (κ1) is 10.4. The zero-order valence-corrected chi connectivity index (χ0v) is 9.27. The van der Waals surface area contributed by atoms with E-state index in [9.17, 15) is 0 Å². The Bertz CT molecular complexity index is 494. The molecule has 0 unspecified atom stereocenters. The molecule has 0 saturated carbocycles. The molecule has 1 aromatic carbocycles. The zero-order chi connectivity index (χ0) is 11.5. The third-order valence-corrected chi connectivity index (χ3v) is 2.42. The van der Waals surface area contributed by atoms with Crippen LogP contribution >= 0.6 is 0 Å². The molecule has 1 aromatic heterocycles. The quantitative estimate of drug-likeness (QED) is 0.779. The van der Waals surface area contributed by atoms with Crippen molar-refractivity contribution in [2.45, 2.75) is 6.92 Å². The number of aryl methyl sites for hydroxylation is 1. The number of nitrogen functional groups attached to an aromatic ring is 1. The highest BCUT2D eigenvalue weighted by Gasteiger charge is 2.02. The molecular weight excluding hydrogens is 202 g/mol. The number of benzene rings is 1. The van der Waals surface area contributed by atoms with Crippen molar-refractivity contribution in [3.05, 3.63) is 35.9 Å². The van der Waals surface area contributed by atoms with Crippen molar-refractivity contribution in [3.8, 4) is 17.1 Å². The van der Waals surface area contributed by atoms with Gasteiger partial charge in [-0.3, -0.25) is 0 Å². The number of nitrogens with two attached hydrogens (primary N) is 1. The maximum Gasteiger partial charge on any atom is 0.233 e. The molecule has 0 aliphatic heterocycles. The van der Waals surface area contributed by atoms with Crippen LogP contribution in [0.3, 0.4) is 0 Å². The monoisotopic (exact) mass is 215 g/mol. The van der Waals surface area contributed by atoms with Crippen molar-refractivity contribution >= 4 is 5.69 Å². The zero-order valence-electron chi connectivity index (χ0n) is 9.27. The van der Waals surface area contributed by atoms with Gasteiger partial charge in [0.2, 0.25) is 5.88 Å². The second-order valence-electron chi connectivity index (χ2n) is 3.53. The van der Waals surface area contributed by atoms with Crippen LogP contribution in [0.4, 0.5) is 5.69 Å². The van der Waals surface area contributed by atoms with Gasteiger partial charge >= 0.3 is 0 Å². The Morgan fingerprint density at radius 2 is 1.94 bits per heavy atom. The van der Waals surface area contributed by atoms with E-state index in [1.165, 1.54) is 0 Å². The van der Waals surface area contributed by atoms with Crippen molar-refractivity contribution in [2.24, 2.45) is 0 Å². The van der Waals surface area contributed by atoms with Crippen LogP contribution < -0.4 is 10.5 Å². The van der Waals surface area contributed by atoms with Gasteiger partial charge in [0.15, 0.2) is 0 Å². The Kier molecular flexibility index (Phi) is 2.72. The second-order valence-corrected chi connectivity index (χ2v) is 3.53. The molecule has 0 spiro atoms. The van der Waals surface area contributed by atoms with E-state index in [0.717, 1.165) is 22.5 Å². The highest BCUT2D eigenvalue weighted by molar-refractivity contribution is 5.65. The van der Waals surface area contributed by atoms with Crippen LogP contribution in [0.2, 0.25) is 0 Å². The molecule has 2 rings (SSSR count). The standard InChI is InChI=1S/C12H13N3O/c1-8-3-4-9(7-10(8)13)11-5-6-12(16-2)15-14-11/h3-7H,13H2,1-2H3. The summed E-state index contributed by atoms with van der Waals surface area (Å²) in [5, 5.41) is 7.97. The summed E-state index contributed by atoms with van der Waals surface area (Å²) in [6, 6.07) is 9.47. The summed E-state index contributed by atoms with van der Waals surface area (Å²) in [4.78, 5) is 0. The Morgan fingerprint density at radius 3 is 2.50 bits per heavy atom. The fourth-order valence-corrected chi connectivity index (χ4v) is 1.38. The van der Waals surface area contributed by atoms with Gasteiger partial charge in [0, 0.05) is 17.3 Å². The largest absolute Gasteiger partial charge is 0.480 e. The van der Waals surface area contributed by atoms with Crippen molar-refractivity contribution in [3.63, 3.8) is 0 Å². The summed E-state index contributed by atoms with van der Waals surface area (Å²) in [7, 11) is 1.56. The van der Waals surface area contributed by atoms with E-state index in [2.05, 4.69) is 10.2 Å². The average molecular weight is 215 g/mol. The number of hydrogen-bond acceptors (Lipinski definition) is 4. The van der Waals surface area contributed by atoms with Crippen molar-refractivity contribution < 1.29 is 4.74 Å². The second kappa shape index (κ2) is 4.18. The number of aromatic nitrogens is 2. The molecule has 0 radical (unpaired) electrons. The Labute approximate surface area is 94.1 Å². The molecule has 4 heteroatoms. The lowest BCUT2D eigenvalue weighted by Crippen LogP contribution is -1.94. The summed E-state index contributed by atoms with van der Waals surface area (Å²) in [5.74, 6) is 0.504. The van der Waals surface area contributed by atoms with Gasteiger partial charge < -0.3 is 10.5 Å². The Morgan fingerprint density at radius 1 is 1.12 bits per heavy atom. The Hall–Kier alpha value is -2.10. The van der Waals surface area contributed by atoms with Gasteiger partial charge in [-0.05, 0) is 24.6 Å². The number of anilines is 1. The molecule has 1 heterocycles. The van der Waals surface area contributed by atoms with Gasteiger partial charge in [0.05, 0.1) is 12.8 Å². The highest BCUT2D eigenvalue weighted by atomic mass is 16.5. The van der Waals surface area contributed by atoms with Gasteiger partial charge in [-0.2, -0.15) is 0 Å². The molecule has 0 bridgehead atoms. The van der Waals surface area contributed by atoms with Gasteiger partial charge in [-0.1, -0.05) is 12.1 Å². The minimum Gasteiger partial charge on any atom is -0.480 e. The SMILES string of the molecule is COc1ccc(-c2ccc(C)c(N)c2)nn1. The predicted molar refractivity (Wildman–Crippen MR) is 63.2 cm³/mol. The maximum atomic E-state index is 5.84. The summed E-state index contributed by atoms with van der Waals surface area (Å²) in [5.41, 5.74) is 9.40. The molecule has 2 N–H and O–H groups in total. The van der Waals surface area contributed by atoms with Crippen LogP contribution in [0, 0.1) is 6.92 Å². The molecule has 82 valence electrons. The van der Waals surface area contributed by atoms with Crippen LogP contribution in [0.25, 0.3) is 11.3 Å². The molecule has 0 atom stereocenters. The molecule has 2 aromatic rings. The van der Waals surface area contributed by atoms with Crippen LogP contribution in [-0.2, 0) is 0 Å². The topological polar surface area (TPSA) is 61.0 Å². The number of rotatable bonds is 2. The molecule has 0 aliphatic carbocycles. The number of ether oxygens (including phenoxy) is 1. The first-order valence-electron chi connectivity index (χ1n) is 4.95. The van der Waals surface area contributed by atoms with Gasteiger partial charge in [-0.15, -0.1) is 10.2 Å².